The number of ether oxygens (including phenoxy) is 1. The van der Waals surface area contributed by atoms with Crippen LogP contribution in [0.1, 0.15) is 11.1 Å². The Morgan fingerprint density at radius 2 is 1.76 bits per heavy atom. The third-order valence-electron chi connectivity index (χ3n) is 4.93. The summed E-state index contributed by atoms with van der Waals surface area (Å²) in [7, 11) is 0. The summed E-state index contributed by atoms with van der Waals surface area (Å²) in [6.45, 7) is 1.04. The molecule has 0 aliphatic heterocycles. The van der Waals surface area contributed by atoms with Crippen LogP contribution in [0.25, 0.3) is 11.3 Å². The minimum absolute atomic E-state index is 0.0977. The molecule has 168 valence electrons. The second-order valence-corrected chi connectivity index (χ2v) is 7.78. The van der Waals surface area contributed by atoms with Crippen LogP contribution in [0.4, 0.5) is 10.1 Å². The molecular weight excluding hydrogens is 443 g/mol. The second kappa shape index (κ2) is 10.8. The number of aromatic nitrogens is 2. The van der Waals surface area contributed by atoms with E-state index in [-0.39, 0.29) is 18.3 Å². The summed E-state index contributed by atoms with van der Waals surface area (Å²) in [5, 5.41) is 13.6. The summed E-state index contributed by atoms with van der Waals surface area (Å²) >= 11 is 5.84. The number of amides is 1. The van der Waals surface area contributed by atoms with E-state index in [4.69, 9.17) is 16.3 Å². The predicted molar refractivity (Wildman–Crippen MR) is 127 cm³/mol. The SMILES string of the molecule is O=C(COc1ccc(CNCc2cn[nH]c2-c2ccccc2F)cc1)Nc1ccc(Cl)cc1. The molecule has 6 nitrogen and oxygen atoms in total. The molecular formula is C25H22ClFN4O2. The lowest BCUT2D eigenvalue weighted by Crippen LogP contribution is -2.20. The number of benzene rings is 3. The third-order valence-corrected chi connectivity index (χ3v) is 5.18. The van der Waals surface area contributed by atoms with Crippen LogP contribution < -0.4 is 15.4 Å². The highest BCUT2D eigenvalue weighted by molar-refractivity contribution is 6.30. The van der Waals surface area contributed by atoms with Crippen LogP contribution in [0.3, 0.4) is 0 Å². The Labute approximate surface area is 195 Å². The lowest BCUT2D eigenvalue weighted by molar-refractivity contribution is -0.118. The molecule has 0 saturated carbocycles. The minimum Gasteiger partial charge on any atom is -0.484 e. The Balaban J connectivity index is 1.24. The summed E-state index contributed by atoms with van der Waals surface area (Å²) in [6, 6.07) is 20.9. The molecule has 0 saturated heterocycles. The Hall–Kier alpha value is -3.68. The lowest BCUT2D eigenvalue weighted by Gasteiger charge is -2.09. The molecule has 1 amide bonds. The number of anilines is 1. The molecule has 4 aromatic rings. The number of aromatic amines is 1. The Kier molecular flexibility index (Phi) is 7.34. The van der Waals surface area contributed by atoms with Crippen molar-refractivity contribution in [3.05, 3.63) is 101 Å². The number of carbonyl (C=O) groups is 1. The Morgan fingerprint density at radius 3 is 2.52 bits per heavy atom. The average molecular weight is 465 g/mol. The van der Waals surface area contributed by atoms with Crippen LogP contribution in [0, 0.1) is 5.82 Å². The first-order valence-electron chi connectivity index (χ1n) is 10.3. The molecule has 0 aliphatic carbocycles. The number of nitrogens with one attached hydrogen (secondary N) is 3. The zero-order valence-corrected chi connectivity index (χ0v) is 18.4. The van der Waals surface area contributed by atoms with Crippen LogP contribution in [-0.4, -0.2) is 22.7 Å². The maximum absolute atomic E-state index is 14.1. The van der Waals surface area contributed by atoms with E-state index in [9.17, 15) is 9.18 Å². The van der Waals surface area contributed by atoms with Gasteiger partial charge in [0.25, 0.3) is 5.91 Å². The molecule has 3 N–H and O–H groups in total. The van der Waals surface area contributed by atoms with E-state index in [0.717, 1.165) is 11.1 Å². The standard InChI is InChI=1S/C25H22ClFN4O2/c26-19-7-9-20(10-8-19)30-24(32)16-33-21-11-5-17(6-12-21)13-28-14-18-15-29-31-25(18)22-3-1-2-4-23(22)27/h1-12,15,28H,13-14,16H2,(H,29,31)(H,30,32). The van der Waals surface area contributed by atoms with E-state index in [1.165, 1.54) is 6.07 Å². The van der Waals surface area contributed by atoms with Gasteiger partial charge < -0.3 is 15.4 Å². The van der Waals surface area contributed by atoms with E-state index in [1.807, 2.05) is 24.3 Å². The molecule has 0 atom stereocenters. The molecule has 0 unspecified atom stereocenters. The number of halogens is 2. The number of rotatable bonds is 9. The van der Waals surface area contributed by atoms with Gasteiger partial charge in [-0.05, 0) is 54.1 Å². The fraction of sp³-hybridized carbons (Fsp3) is 0.120. The van der Waals surface area contributed by atoms with Gasteiger partial charge in [0, 0.05) is 34.9 Å². The predicted octanol–water partition coefficient (Wildman–Crippen LogP) is 5.18. The largest absolute Gasteiger partial charge is 0.484 e. The van der Waals surface area contributed by atoms with Gasteiger partial charge in [-0.3, -0.25) is 9.89 Å². The van der Waals surface area contributed by atoms with Crippen molar-refractivity contribution in [2.45, 2.75) is 13.1 Å². The third kappa shape index (κ3) is 6.19. The Bertz CT molecular complexity index is 1210. The molecule has 0 bridgehead atoms. The van der Waals surface area contributed by atoms with Gasteiger partial charge in [-0.15, -0.1) is 0 Å². The molecule has 0 fully saturated rings. The van der Waals surface area contributed by atoms with Crippen molar-refractivity contribution in [1.82, 2.24) is 15.5 Å². The van der Waals surface area contributed by atoms with Crippen molar-refractivity contribution in [1.29, 1.82) is 0 Å². The molecule has 0 spiro atoms. The van der Waals surface area contributed by atoms with Crippen LogP contribution in [-0.2, 0) is 17.9 Å². The molecule has 8 heteroatoms. The van der Waals surface area contributed by atoms with Gasteiger partial charge in [-0.1, -0.05) is 35.9 Å². The summed E-state index contributed by atoms with van der Waals surface area (Å²) in [6.07, 6.45) is 1.70. The van der Waals surface area contributed by atoms with E-state index in [1.54, 1.807) is 48.7 Å². The van der Waals surface area contributed by atoms with E-state index < -0.39 is 0 Å². The van der Waals surface area contributed by atoms with Gasteiger partial charge in [-0.2, -0.15) is 5.10 Å². The summed E-state index contributed by atoms with van der Waals surface area (Å²) < 4.78 is 19.6. The number of hydrogen-bond acceptors (Lipinski definition) is 4. The van der Waals surface area contributed by atoms with Crippen LogP contribution in [0.15, 0.2) is 79.0 Å². The fourth-order valence-electron chi connectivity index (χ4n) is 3.27. The first kappa shape index (κ1) is 22.5. The number of H-pyrrole nitrogens is 1. The maximum atomic E-state index is 14.1. The zero-order chi connectivity index (χ0) is 23.0. The number of nitrogens with zero attached hydrogens (tertiary/aromatic N) is 1. The van der Waals surface area contributed by atoms with Crippen LogP contribution >= 0.6 is 11.6 Å². The summed E-state index contributed by atoms with van der Waals surface area (Å²) in [5.41, 5.74) is 3.75. The Morgan fingerprint density at radius 1 is 1.00 bits per heavy atom. The molecule has 0 aliphatic rings. The van der Waals surface area contributed by atoms with Gasteiger partial charge >= 0.3 is 0 Å². The average Bonchev–Trinajstić information content (AvgIpc) is 3.29. The van der Waals surface area contributed by atoms with Crippen molar-refractivity contribution in [3.8, 4) is 17.0 Å². The topological polar surface area (TPSA) is 79.0 Å². The van der Waals surface area contributed by atoms with Crippen molar-refractivity contribution < 1.29 is 13.9 Å². The quantitative estimate of drug-likeness (QED) is 0.319. The number of hydrogen-bond donors (Lipinski definition) is 3. The molecule has 1 aromatic heterocycles. The minimum atomic E-state index is -0.291. The first-order chi connectivity index (χ1) is 16.1. The van der Waals surface area contributed by atoms with Crippen molar-refractivity contribution in [3.63, 3.8) is 0 Å². The molecule has 1 heterocycles. The number of carbonyl (C=O) groups excluding carboxylic acids is 1. The van der Waals surface area contributed by atoms with Gasteiger partial charge in [-0.25, -0.2) is 4.39 Å². The monoisotopic (exact) mass is 464 g/mol. The van der Waals surface area contributed by atoms with Gasteiger partial charge in [0.1, 0.15) is 11.6 Å². The van der Waals surface area contributed by atoms with Crippen molar-refractivity contribution in [2.75, 3.05) is 11.9 Å². The van der Waals surface area contributed by atoms with Gasteiger partial charge in [0.15, 0.2) is 6.61 Å². The summed E-state index contributed by atoms with van der Waals surface area (Å²) in [4.78, 5) is 12.0. The molecule has 33 heavy (non-hydrogen) atoms. The second-order valence-electron chi connectivity index (χ2n) is 7.34. The van der Waals surface area contributed by atoms with Gasteiger partial charge in [0.05, 0.1) is 11.9 Å². The highest BCUT2D eigenvalue weighted by atomic mass is 35.5. The van der Waals surface area contributed by atoms with Crippen LogP contribution in [0.5, 0.6) is 5.75 Å². The highest BCUT2D eigenvalue weighted by Gasteiger charge is 2.11. The van der Waals surface area contributed by atoms with E-state index in [2.05, 4.69) is 20.8 Å². The molecule has 0 radical (unpaired) electrons. The highest BCUT2D eigenvalue weighted by Crippen LogP contribution is 2.24. The maximum Gasteiger partial charge on any atom is 0.262 e. The van der Waals surface area contributed by atoms with Gasteiger partial charge in [0.2, 0.25) is 0 Å². The lowest BCUT2D eigenvalue weighted by atomic mass is 10.1. The molecule has 4 rings (SSSR count). The van der Waals surface area contributed by atoms with E-state index >= 15 is 0 Å². The molecule has 3 aromatic carbocycles. The van der Waals surface area contributed by atoms with Crippen molar-refractivity contribution in [2.24, 2.45) is 0 Å². The first-order valence-corrected chi connectivity index (χ1v) is 10.7. The normalized spacial score (nSPS) is 10.7. The fourth-order valence-corrected chi connectivity index (χ4v) is 3.39. The summed E-state index contributed by atoms with van der Waals surface area (Å²) in [5.74, 6) is 0.0518. The smallest absolute Gasteiger partial charge is 0.262 e. The van der Waals surface area contributed by atoms with Crippen molar-refractivity contribution >= 4 is 23.2 Å². The van der Waals surface area contributed by atoms with Crippen LogP contribution in [0.2, 0.25) is 5.02 Å². The zero-order valence-electron chi connectivity index (χ0n) is 17.6. The van der Waals surface area contributed by atoms with E-state index in [0.29, 0.717) is 40.8 Å².